The Morgan fingerprint density at radius 2 is 2.00 bits per heavy atom. The maximum absolute atomic E-state index is 11.5. The number of H-pyrrole nitrogens is 1. The fourth-order valence-corrected chi connectivity index (χ4v) is 2.10. The zero-order valence-electron chi connectivity index (χ0n) is 12.1. The Kier molecular flexibility index (Phi) is 8.32. The van der Waals surface area contributed by atoms with Gasteiger partial charge in [-0.1, -0.05) is 26.0 Å². The van der Waals surface area contributed by atoms with Crippen molar-refractivity contribution in [1.29, 1.82) is 0 Å². The van der Waals surface area contributed by atoms with Crippen molar-refractivity contribution in [1.82, 2.24) is 15.3 Å². The van der Waals surface area contributed by atoms with Crippen LogP contribution in [0.15, 0.2) is 24.3 Å². The summed E-state index contributed by atoms with van der Waals surface area (Å²) in [5, 5.41) is 2.92. The minimum absolute atomic E-state index is 0. The van der Waals surface area contributed by atoms with E-state index >= 15 is 0 Å². The topological polar surface area (TPSA) is 83.8 Å². The van der Waals surface area contributed by atoms with Crippen LogP contribution in [-0.4, -0.2) is 22.4 Å². The third-order valence-corrected chi connectivity index (χ3v) is 2.97. The first-order valence-corrected chi connectivity index (χ1v) is 6.54. The number of fused-ring (bicyclic) bond motifs is 1. The number of imidazole rings is 1. The predicted octanol–water partition coefficient (Wildman–Crippen LogP) is 2.57. The van der Waals surface area contributed by atoms with E-state index in [1.165, 1.54) is 0 Å². The normalized spacial score (nSPS) is 11.6. The molecule has 2 rings (SSSR count). The van der Waals surface area contributed by atoms with Crippen molar-refractivity contribution in [3.05, 3.63) is 30.1 Å². The van der Waals surface area contributed by atoms with E-state index in [4.69, 9.17) is 5.73 Å². The van der Waals surface area contributed by atoms with E-state index in [2.05, 4.69) is 29.1 Å². The smallest absolute Gasteiger partial charge is 0.234 e. The van der Waals surface area contributed by atoms with Gasteiger partial charge in [-0.25, -0.2) is 4.98 Å². The Hall–Kier alpha value is -1.30. The summed E-state index contributed by atoms with van der Waals surface area (Å²) in [5.74, 6) is 1.08. The van der Waals surface area contributed by atoms with Crippen LogP contribution in [0, 0.1) is 5.92 Å². The van der Waals surface area contributed by atoms with Crippen LogP contribution in [0.5, 0.6) is 0 Å². The van der Waals surface area contributed by atoms with E-state index in [0.717, 1.165) is 23.3 Å². The van der Waals surface area contributed by atoms with E-state index in [-0.39, 0.29) is 43.3 Å². The molecule has 1 atom stereocenters. The SMILES string of the molecule is CC(C)CC(NC(=O)CN)c1nc2ccccc2[nH]1.Cl.Cl. The average molecular weight is 333 g/mol. The van der Waals surface area contributed by atoms with Gasteiger partial charge in [-0.3, -0.25) is 4.79 Å². The number of carbonyl (C=O) groups is 1. The highest BCUT2D eigenvalue weighted by Gasteiger charge is 2.18. The van der Waals surface area contributed by atoms with Gasteiger partial charge in [0.15, 0.2) is 0 Å². The van der Waals surface area contributed by atoms with Crippen LogP contribution in [0.3, 0.4) is 0 Å². The second kappa shape index (κ2) is 8.87. The first-order chi connectivity index (χ1) is 9.10. The number of carbonyl (C=O) groups excluding carboxylic acids is 1. The van der Waals surface area contributed by atoms with Crippen LogP contribution in [0.25, 0.3) is 11.0 Å². The summed E-state index contributed by atoms with van der Waals surface area (Å²) in [7, 11) is 0. The number of nitrogens with one attached hydrogen (secondary N) is 2. The van der Waals surface area contributed by atoms with E-state index in [1.807, 2.05) is 24.3 Å². The lowest BCUT2D eigenvalue weighted by Crippen LogP contribution is -2.34. The van der Waals surface area contributed by atoms with E-state index in [9.17, 15) is 4.79 Å². The molecule has 4 N–H and O–H groups in total. The Labute approximate surface area is 136 Å². The van der Waals surface area contributed by atoms with E-state index in [0.29, 0.717) is 5.92 Å². The molecule has 1 aromatic heterocycles. The summed E-state index contributed by atoms with van der Waals surface area (Å²) in [4.78, 5) is 19.3. The molecule has 0 bridgehead atoms. The highest BCUT2D eigenvalue weighted by molar-refractivity contribution is 5.85. The summed E-state index contributed by atoms with van der Waals surface area (Å²) in [5.41, 5.74) is 7.25. The predicted molar refractivity (Wildman–Crippen MR) is 90.0 cm³/mol. The van der Waals surface area contributed by atoms with Gasteiger partial charge in [-0.2, -0.15) is 0 Å². The summed E-state index contributed by atoms with van der Waals surface area (Å²) in [6.45, 7) is 4.23. The van der Waals surface area contributed by atoms with Crippen molar-refractivity contribution in [2.75, 3.05) is 6.54 Å². The van der Waals surface area contributed by atoms with Crippen LogP contribution >= 0.6 is 24.8 Å². The number of nitrogens with zero attached hydrogens (tertiary/aromatic N) is 1. The molecular weight excluding hydrogens is 311 g/mol. The Bertz CT molecular complexity index is 538. The van der Waals surface area contributed by atoms with E-state index in [1.54, 1.807) is 0 Å². The molecule has 1 amide bonds. The summed E-state index contributed by atoms with van der Waals surface area (Å²) in [6, 6.07) is 7.71. The molecule has 0 radical (unpaired) electrons. The maximum Gasteiger partial charge on any atom is 0.234 e. The van der Waals surface area contributed by atoms with Crippen molar-refractivity contribution in [3.8, 4) is 0 Å². The van der Waals surface area contributed by atoms with Crippen LogP contribution < -0.4 is 11.1 Å². The molecule has 1 unspecified atom stereocenters. The molecule has 1 aromatic carbocycles. The number of para-hydroxylation sites is 2. The number of hydrogen-bond acceptors (Lipinski definition) is 3. The number of rotatable bonds is 5. The molecule has 0 saturated heterocycles. The lowest BCUT2D eigenvalue weighted by molar-refractivity contribution is -0.120. The van der Waals surface area contributed by atoms with Gasteiger partial charge < -0.3 is 16.0 Å². The quantitative estimate of drug-likeness (QED) is 0.786. The molecule has 0 spiro atoms. The minimum Gasteiger partial charge on any atom is -0.345 e. The standard InChI is InChI=1S/C14H20N4O.2ClH/c1-9(2)7-12(16-13(19)8-15)14-17-10-5-3-4-6-11(10)18-14;;/h3-6,9,12H,7-8,15H2,1-2H3,(H,16,19)(H,17,18);2*1H. The molecule has 0 aliphatic rings. The van der Waals surface area contributed by atoms with Crippen molar-refractivity contribution >= 4 is 41.8 Å². The Balaban J connectivity index is 0.00000200. The van der Waals surface area contributed by atoms with Crippen LogP contribution in [0.1, 0.15) is 32.1 Å². The third-order valence-electron chi connectivity index (χ3n) is 2.97. The zero-order valence-corrected chi connectivity index (χ0v) is 13.8. The molecule has 7 heteroatoms. The summed E-state index contributed by atoms with van der Waals surface area (Å²) in [6.07, 6.45) is 0.825. The van der Waals surface area contributed by atoms with Gasteiger partial charge in [0.2, 0.25) is 5.91 Å². The molecule has 0 fully saturated rings. The highest BCUT2D eigenvalue weighted by atomic mass is 35.5. The molecule has 0 saturated carbocycles. The maximum atomic E-state index is 11.5. The lowest BCUT2D eigenvalue weighted by atomic mass is 10.0. The number of hydrogen-bond donors (Lipinski definition) is 3. The monoisotopic (exact) mass is 332 g/mol. The molecule has 21 heavy (non-hydrogen) atoms. The van der Waals surface area contributed by atoms with Gasteiger partial charge in [0.25, 0.3) is 0 Å². The molecule has 118 valence electrons. The zero-order chi connectivity index (χ0) is 13.8. The number of halogens is 2. The third kappa shape index (κ3) is 5.19. The Morgan fingerprint density at radius 1 is 1.33 bits per heavy atom. The fourth-order valence-electron chi connectivity index (χ4n) is 2.10. The van der Waals surface area contributed by atoms with Gasteiger partial charge in [0.05, 0.1) is 23.6 Å². The number of benzene rings is 1. The largest absolute Gasteiger partial charge is 0.345 e. The van der Waals surface area contributed by atoms with E-state index < -0.39 is 0 Å². The Morgan fingerprint density at radius 3 is 2.57 bits per heavy atom. The first kappa shape index (κ1) is 19.7. The van der Waals surface area contributed by atoms with Crippen molar-refractivity contribution in [2.45, 2.75) is 26.3 Å². The number of nitrogens with two attached hydrogens (primary N) is 1. The summed E-state index contributed by atoms with van der Waals surface area (Å²) >= 11 is 0. The molecule has 0 aliphatic carbocycles. The lowest BCUT2D eigenvalue weighted by Gasteiger charge is -2.18. The van der Waals surface area contributed by atoms with Crippen molar-refractivity contribution < 1.29 is 4.79 Å². The van der Waals surface area contributed by atoms with Gasteiger partial charge in [-0.05, 0) is 24.5 Å². The molecule has 0 aliphatic heterocycles. The van der Waals surface area contributed by atoms with Crippen molar-refractivity contribution in [3.63, 3.8) is 0 Å². The minimum atomic E-state index is -0.161. The molecule has 5 nitrogen and oxygen atoms in total. The van der Waals surface area contributed by atoms with Crippen LogP contribution in [0.2, 0.25) is 0 Å². The average Bonchev–Trinajstić information content (AvgIpc) is 2.80. The first-order valence-electron chi connectivity index (χ1n) is 6.54. The fraction of sp³-hybridized carbons (Fsp3) is 0.429. The number of aromatic nitrogens is 2. The molecule has 1 heterocycles. The summed E-state index contributed by atoms with van der Waals surface area (Å²) < 4.78 is 0. The van der Waals surface area contributed by atoms with Crippen molar-refractivity contribution in [2.24, 2.45) is 11.7 Å². The van der Waals surface area contributed by atoms with Crippen LogP contribution in [-0.2, 0) is 4.79 Å². The van der Waals surface area contributed by atoms with Gasteiger partial charge in [-0.15, -0.1) is 24.8 Å². The highest BCUT2D eigenvalue weighted by Crippen LogP contribution is 2.21. The van der Waals surface area contributed by atoms with Crippen LogP contribution in [0.4, 0.5) is 0 Å². The number of amides is 1. The van der Waals surface area contributed by atoms with Gasteiger partial charge in [0, 0.05) is 0 Å². The second-order valence-electron chi connectivity index (χ2n) is 5.09. The second-order valence-corrected chi connectivity index (χ2v) is 5.09. The van der Waals surface area contributed by atoms with Gasteiger partial charge in [0.1, 0.15) is 5.82 Å². The van der Waals surface area contributed by atoms with Gasteiger partial charge >= 0.3 is 0 Å². The number of aromatic amines is 1. The molecular formula is C14H22Cl2N4O. The molecule has 2 aromatic rings.